The highest BCUT2D eigenvalue weighted by atomic mass is 32.2. The lowest BCUT2D eigenvalue weighted by Gasteiger charge is -2.16. The van der Waals surface area contributed by atoms with Gasteiger partial charge < -0.3 is 9.52 Å². The highest BCUT2D eigenvalue weighted by Gasteiger charge is 2.21. The highest BCUT2D eigenvalue weighted by Crippen LogP contribution is 2.33. The predicted molar refractivity (Wildman–Crippen MR) is 135 cm³/mol. The minimum atomic E-state index is -0.868. The number of nitrogens with one attached hydrogen (secondary N) is 1. The van der Waals surface area contributed by atoms with Crippen LogP contribution in [0.15, 0.2) is 82.2 Å². The normalized spacial score (nSPS) is 12.6. The van der Waals surface area contributed by atoms with Crippen LogP contribution in [-0.2, 0) is 4.79 Å². The molecule has 2 aromatic heterocycles. The van der Waals surface area contributed by atoms with Crippen LogP contribution in [0.1, 0.15) is 13.8 Å². The first-order valence-electron chi connectivity index (χ1n) is 11.2. The minimum absolute atomic E-state index is 0.0328. The van der Waals surface area contributed by atoms with E-state index in [4.69, 9.17) is 14.7 Å². The molecule has 8 nitrogen and oxygen atoms in total. The zero-order valence-corrected chi connectivity index (χ0v) is 20.0. The molecule has 0 saturated carbocycles. The molecule has 0 radical (unpaired) electrons. The van der Waals surface area contributed by atoms with Gasteiger partial charge in [0, 0.05) is 39.6 Å². The summed E-state index contributed by atoms with van der Waals surface area (Å²) in [6, 6.07) is 20.6. The molecule has 5 aromatic rings. The molecule has 5 N–H and O–H groups in total. The molecule has 1 atom stereocenters. The number of fused-ring (bicyclic) bond motifs is 3. The lowest BCUT2D eigenvalue weighted by Crippen LogP contribution is -2.73. The summed E-state index contributed by atoms with van der Waals surface area (Å²) in [6.07, 6.45) is 1.92. The van der Waals surface area contributed by atoms with Crippen molar-refractivity contribution in [2.45, 2.75) is 24.8 Å². The van der Waals surface area contributed by atoms with Gasteiger partial charge in [0.1, 0.15) is 17.2 Å². The van der Waals surface area contributed by atoms with E-state index in [1.165, 1.54) is 11.9 Å². The molecule has 9 heteroatoms. The Balaban J connectivity index is 1.41. The number of hydrogen-bond donors (Lipinski definition) is 4. The number of nitrogens with zero attached hydrogens (tertiary/aromatic N) is 2. The monoisotopic (exact) mass is 489 g/mol. The SMILES string of the molecule is CC(C)C(NSc1ccc2c(c1)oc1ccc(-n3ccc(-c4ccc([NH2+]O)cc4)n3)cc12)C(=O)O. The van der Waals surface area contributed by atoms with Gasteiger partial charge in [-0.3, -0.25) is 4.79 Å². The molecule has 1 unspecified atom stereocenters. The van der Waals surface area contributed by atoms with Crippen LogP contribution in [0.25, 0.3) is 38.9 Å². The first-order valence-corrected chi connectivity index (χ1v) is 12.0. The van der Waals surface area contributed by atoms with Crippen LogP contribution >= 0.6 is 11.9 Å². The average molecular weight is 490 g/mol. The summed E-state index contributed by atoms with van der Waals surface area (Å²) in [7, 11) is 0. The Kier molecular flexibility index (Phi) is 6.31. The van der Waals surface area contributed by atoms with Crippen LogP contribution in [0.4, 0.5) is 5.69 Å². The van der Waals surface area contributed by atoms with Gasteiger partial charge in [-0.05, 0) is 72.5 Å². The lowest BCUT2D eigenvalue weighted by molar-refractivity contribution is -0.825. The van der Waals surface area contributed by atoms with E-state index in [2.05, 4.69) is 4.72 Å². The predicted octanol–water partition coefficient (Wildman–Crippen LogP) is 4.73. The van der Waals surface area contributed by atoms with Gasteiger partial charge in [-0.1, -0.05) is 13.8 Å². The van der Waals surface area contributed by atoms with Crippen molar-refractivity contribution in [3.63, 3.8) is 0 Å². The van der Waals surface area contributed by atoms with Crippen LogP contribution < -0.4 is 10.2 Å². The number of carboxylic acid groups (broad SMARTS) is 1. The van der Waals surface area contributed by atoms with Crippen LogP contribution in [0.3, 0.4) is 0 Å². The first kappa shape index (κ1) is 23.1. The molecule has 0 aliphatic carbocycles. The zero-order valence-electron chi connectivity index (χ0n) is 19.2. The van der Waals surface area contributed by atoms with Gasteiger partial charge in [-0.25, -0.2) is 14.6 Å². The molecule has 0 aliphatic rings. The third-order valence-electron chi connectivity index (χ3n) is 5.87. The summed E-state index contributed by atoms with van der Waals surface area (Å²) in [5.41, 5.74) is 6.03. The number of quaternary nitrogens is 1. The van der Waals surface area contributed by atoms with E-state index in [0.29, 0.717) is 0 Å². The summed E-state index contributed by atoms with van der Waals surface area (Å²) in [5, 5.41) is 25.2. The third-order valence-corrected chi connectivity index (χ3v) is 6.73. The number of rotatable bonds is 8. The van der Waals surface area contributed by atoms with Gasteiger partial charge in [0.2, 0.25) is 0 Å². The fourth-order valence-electron chi connectivity index (χ4n) is 3.92. The number of carbonyl (C=O) groups is 1. The van der Waals surface area contributed by atoms with E-state index in [1.807, 2.05) is 91.5 Å². The maximum Gasteiger partial charge on any atom is 0.321 e. The third kappa shape index (κ3) is 4.67. The van der Waals surface area contributed by atoms with Crippen LogP contribution in [0.2, 0.25) is 0 Å². The molecule has 0 aliphatic heterocycles. The van der Waals surface area contributed by atoms with E-state index >= 15 is 0 Å². The van der Waals surface area contributed by atoms with E-state index in [-0.39, 0.29) is 5.92 Å². The number of furan rings is 1. The Morgan fingerprint density at radius 1 is 1.03 bits per heavy atom. The van der Waals surface area contributed by atoms with Gasteiger partial charge in [-0.15, -0.1) is 0 Å². The van der Waals surface area contributed by atoms with E-state index in [1.54, 1.807) is 0 Å². The second-order valence-electron chi connectivity index (χ2n) is 8.62. The van der Waals surface area contributed by atoms with E-state index in [9.17, 15) is 9.90 Å². The summed E-state index contributed by atoms with van der Waals surface area (Å²) in [5.74, 6) is -0.901. The number of aromatic nitrogens is 2. The largest absolute Gasteiger partial charge is 0.480 e. The number of aliphatic carboxylic acids is 1. The maximum atomic E-state index is 11.4. The van der Waals surface area contributed by atoms with Gasteiger partial charge in [-0.2, -0.15) is 10.6 Å². The van der Waals surface area contributed by atoms with Crippen molar-refractivity contribution in [3.8, 4) is 16.9 Å². The molecule has 0 amide bonds. The van der Waals surface area contributed by atoms with Crippen molar-refractivity contribution in [3.05, 3.63) is 72.9 Å². The fourth-order valence-corrected chi connectivity index (χ4v) is 4.85. The van der Waals surface area contributed by atoms with Crippen molar-refractivity contribution in [1.82, 2.24) is 14.5 Å². The molecule has 0 bridgehead atoms. The highest BCUT2D eigenvalue weighted by molar-refractivity contribution is 7.97. The average Bonchev–Trinajstić information content (AvgIpc) is 3.48. The van der Waals surface area contributed by atoms with Crippen LogP contribution in [0.5, 0.6) is 0 Å². The molecule has 0 fully saturated rings. The topological polar surface area (TPSA) is 117 Å². The quantitative estimate of drug-likeness (QED) is 0.141. The minimum Gasteiger partial charge on any atom is -0.480 e. The summed E-state index contributed by atoms with van der Waals surface area (Å²) in [6.45, 7) is 3.75. The van der Waals surface area contributed by atoms with Gasteiger partial charge >= 0.3 is 5.97 Å². The molecule has 178 valence electrons. The van der Waals surface area contributed by atoms with E-state index < -0.39 is 12.0 Å². The fraction of sp³-hybridized carbons (Fsp3) is 0.154. The van der Waals surface area contributed by atoms with Crippen molar-refractivity contribution < 1.29 is 25.0 Å². The molecule has 0 spiro atoms. The number of benzene rings is 3. The zero-order chi connectivity index (χ0) is 24.5. The summed E-state index contributed by atoms with van der Waals surface area (Å²) in [4.78, 5) is 12.3. The second-order valence-corrected chi connectivity index (χ2v) is 9.53. The van der Waals surface area contributed by atoms with E-state index in [0.717, 1.165) is 54.9 Å². The lowest BCUT2D eigenvalue weighted by atomic mass is 10.1. The Labute approximate surface area is 205 Å². The first-order chi connectivity index (χ1) is 16.9. The Morgan fingerprint density at radius 3 is 2.54 bits per heavy atom. The van der Waals surface area contributed by atoms with Crippen LogP contribution in [-0.4, -0.2) is 32.1 Å². The molecule has 0 saturated heterocycles. The Morgan fingerprint density at radius 2 is 1.83 bits per heavy atom. The summed E-state index contributed by atoms with van der Waals surface area (Å²) < 4.78 is 10.9. The molecular formula is C26H25N4O4S+. The number of nitrogens with two attached hydrogens (primary N) is 1. The van der Waals surface area contributed by atoms with Gasteiger partial charge in [0.05, 0.1) is 11.4 Å². The molecule has 2 heterocycles. The van der Waals surface area contributed by atoms with Crippen LogP contribution in [0, 0.1) is 5.92 Å². The Bertz CT molecular complexity index is 1510. The molecule has 3 aromatic carbocycles. The van der Waals surface area contributed by atoms with Gasteiger partial charge in [0.25, 0.3) is 0 Å². The molecular weight excluding hydrogens is 464 g/mol. The van der Waals surface area contributed by atoms with Crippen molar-refractivity contribution in [2.24, 2.45) is 5.92 Å². The summed E-state index contributed by atoms with van der Waals surface area (Å²) >= 11 is 1.29. The number of carboxylic acids is 1. The van der Waals surface area contributed by atoms with Crippen molar-refractivity contribution >= 4 is 45.5 Å². The van der Waals surface area contributed by atoms with Gasteiger partial charge in [0.15, 0.2) is 5.69 Å². The molecule has 35 heavy (non-hydrogen) atoms. The Hall–Kier alpha value is -3.63. The number of hydrogen-bond acceptors (Lipinski definition) is 6. The molecule has 5 rings (SSSR count). The van der Waals surface area contributed by atoms with Crippen molar-refractivity contribution in [1.29, 1.82) is 0 Å². The maximum absolute atomic E-state index is 11.4. The smallest absolute Gasteiger partial charge is 0.321 e. The second kappa shape index (κ2) is 9.55. The van der Waals surface area contributed by atoms with Crippen molar-refractivity contribution in [2.75, 3.05) is 0 Å². The standard InChI is InChI=1S/C26H24N4O4S/c1-15(2)25(26(31)32)29-35-19-8-9-20-21-13-18(7-10-23(21)34-24(20)14-19)30-12-11-22(27-30)16-3-5-17(28-33)6-4-16/h3-15,25,28-29,33H,1-2H3,(H,31,32)/p+1.